The first kappa shape index (κ1) is 107. The van der Waals surface area contributed by atoms with E-state index in [-0.39, 0.29) is 19.3 Å². The molecule has 5 unspecified atom stereocenters. The van der Waals surface area contributed by atoms with Crippen LogP contribution in [0.4, 0.5) is 0 Å². The minimum atomic E-state index is -4.94. The summed E-state index contributed by atoms with van der Waals surface area (Å²) in [6.07, 6.45) is 104. The third-order valence-corrected chi connectivity index (χ3v) is 21.1. The first-order chi connectivity index (χ1) is 54.2. The summed E-state index contributed by atoms with van der Waals surface area (Å²) < 4.78 is 61.3. The van der Waals surface area contributed by atoms with Gasteiger partial charge in [-0.15, -0.1) is 0 Å². The highest BCUT2D eigenvalue weighted by Gasteiger charge is 2.29. The van der Waals surface area contributed by atoms with Crippen LogP contribution in [0.15, 0.2) is 122 Å². The molecular weight excluding hydrogens is 1430 g/mol. The first-order valence-corrected chi connectivity index (χ1v) is 47.8. The second-order valence-electron chi connectivity index (χ2n) is 30.0. The molecule has 0 amide bonds. The van der Waals surface area contributed by atoms with Crippen LogP contribution in [0.1, 0.15) is 393 Å². The lowest BCUT2D eigenvalue weighted by molar-refractivity contribution is -0.161. The van der Waals surface area contributed by atoms with Gasteiger partial charge in [-0.2, -0.15) is 0 Å². The monoisotopic (exact) mass is 1600 g/mol. The predicted octanol–water partition coefficient (Wildman–Crippen LogP) is 27.2. The minimum absolute atomic E-state index is 0.103. The highest BCUT2D eigenvalue weighted by atomic mass is 31.2. The lowest BCUT2D eigenvalue weighted by Gasteiger charge is -2.21. The quantitative estimate of drug-likeness (QED) is 0.0146. The van der Waals surface area contributed by atoms with Crippen LogP contribution in [0.2, 0.25) is 0 Å². The van der Waals surface area contributed by atoms with Crippen molar-refractivity contribution < 1.29 is 75.8 Å². The van der Waals surface area contributed by atoms with Gasteiger partial charge in [0, 0.05) is 19.3 Å². The SMILES string of the molecule is CC/C=C\C/C=C\C/C=C\C/C=C\C/C=C\C/C=C\CCCCCCCCC(=O)OCC(COP(=O)(O)OCC(O)COP(=O)(O)OCC(O)COC(=O)CCCCCCCCCCCCCCCCCCCCC/C=C\C/C=C\C/C=C\C/C=C\CCCCC)OC(=O)CCCCCCCCCCCCCCCCC. The number of carbonyl (C=O) groups is 3. The summed E-state index contributed by atoms with van der Waals surface area (Å²) in [5.41, 5.74) is 0. The van der Waals surface area contributed by atoms with Crippen LogP contribution < -0.4 is 0 Å². The van der Waals surface area contributed by atoms with Gasteiger partial charge < -0.3 is 34.2 Å². The molecule has 5 atom stereocenters. The summed E-state index contributed by atoms with van der Waals surface area (Å²) in [6.45, 7) is 2.58. The smallest absolute Gasteiger partial charge is 0.463 e. The van der Waals surface area contributed by atoms with E-state index < -0.39 is 91.5 Å². The summed E-state index contributed by atoms with van der Waals surface area (Å²) in [5, 5.41) is 20.7. The number of allylic oxidation sites excluding steroid dienone is 20. The van der Waals surface area contributed by atoms with E-state index in [1.807, 2.05) is 0 Å². The number of rotatable bonds is 85. The summed E-state index contributed by atoms with van der Waals surface area (Å²) in [6, 6.07) is 0. The number of hydrogen-bond acceptors (Lipinski definition) is 14. The molecule has 0 rings (SSSR count). The summed E-state index contributed by atoms with van der Waals surface area (Å²) in [5.74, 6) is -1.57. The maximum Gasteiger partial charge on any atom is 0.472 e. The van der Waals surface area contributed by atoms with Crippen molar-refractivity contribution in [2.24, 2.45) is 0 Å². The number of unbranched alkanes of at least 4 members (excludes halogenated alkanes) is 42. The maximum atomic E-state index is 13.0. The molecule has 0 aliphatic carbocycles. The Morgan fingerprint density at radius 2 is 0.477 bits per heavy atom. The second kappa shape index (κ2) is 85.3. The molecule has 18 heteroatoms. The fourth-order valence-corrected chi connectivity index (χ4v) is 14.0. The second-order valence-corrected chi connectivity index (χ2v) is 32.9. The van der Waals surface area contributed by atoms with E-state index in [4.69, 9.17) is 32.3 Å². The van der Waals surface area contributed by atoms with Crippen molar-refractivity contribution in [3.63, 3.8) is 0 Å². The summed E-state index contributed by atoms with van der Waals surface area (Å²) in [4.78, 5) is 58.8. The van der Waals surface area contributed by atoms with E-state index in [0.29, 0.717) is 19.3 Å². The molecule has 16 nitrogen and oxygen atoms in total. The van der Waals surface area contributed by atoms with Crippen LogP contribution in [0.3, 0.4) is 0 Å². The largest absolute Gasteiger partial charge is 0.472 e. The van der Waals surface area contributed by atoms with Crippen LogP contribution in [0.25, 0.3) is 0 Å². The zero-order valence-corrected chi connectivity index (χ0v) is 72.4. The molecule has 4 N–H and O–H groups in total. The molecule has 0 saturated carbocycles. The fourth-order valence-electron chi connectivity index (χ4n) is 12.4. The van der Waals surface area contributed by atoms with Crippen molar-refractivity contribution >= 4 is 33.6 Å². The number of hydrogen-bond donors (Lipinski definition) is 4. The van der Waals surface area contributed by atoms with E-state index in [0.717, 1.165) is 141 Å². The van der Waals surface area contributed by atoms with E-state index >= 15 is 0 Å². The topological polar surface area (TPSA) is 231 Å². The third kappa shape index (κ3) is 86.6. The maximum absolute atomic E-state index is 13.0. The van der Waals surface area contributed by atoms with Gasteiger partial charge in [-0.1, -0.05) is 380 Å². The Morgan fingerprint density at radius 3 is 0.775 bits per heavy atom. The Bertz CT molecular complexity index is 2500. The molecule has 0 aromatic carbocycles. The molecule has 0 aliphatic rings. The zero-order chi connectivity index (χ0) is 80.8. The van der Waals surface area contributed by atoms with Gasteiger partial charge in [0.1, 0.15) is 25.4 Å². The summed E-state index contributed by atoms with van der Waals surface area (Å²) >= 11 is 0. The molecular formula is C93H164O16P2. The average molecular weight is 1600 g/mol. The number of phosphoric acid groups is 2. The lowest BCUT2D eigenvalue weighted by atomic mass is 10.0. The standard InChI is InChI=1S/C93H164O16P2/c1-4-7-10-13-16-19-22-25-28-30-32-34-36-38-39-40-41-42-43-44-45-46-47-49-51-52-54-56-59-61-64-67-70-73-76-79-91(96)103-82-88(94)83-105-110(99,100)106-84-89(95)85-107-111(101,102)108-87-90(109-93(98)81-78-75-72-69-66-63-58-27-24-21-18-15-12-9-6-3)86-104-92(97)80-77-74-71-68-65-62-60-57-55-53-50-48-37-35-33-31-29-26-23-20-17-14-11-8-5-2/h8,11,16-17,19-20,25-26,28-29,32-35,38-39,48,50,55,57,88-90,94-95H,4-7,9-10,12-15,18,21-24,27,30-31,36-37,40-47,49,51-54,56,58-87H2,1-3H3,(H,99,100)(H,101,102)/b11-8-,19-16-,20-17-,28-25-,29-26-,34-32-,35-33-,39-38-,50-48-,57-55-. The number of esters is 3. The number of aliphatic hydroxyl groups excluding tert-OH is 2. The zero-order valence-electron chi connectivity index (χ0n) is 70.6. The van der Waals surface area contributed by atoms with Crippen molar-refractivity contribution in [3.8, 4) is 0 Å². The van der Waals surface area contributed by atoms with Crippen molar-refractivity contribution in [2.45, 2.75) is 411 Å². The van der Waals surface area contributed by atoms with Crippen molar-refractivity contribution in [3.05, 3.63) is 122 Å². The van der Waals surface area contributed by atoms with E-state index in [9.17, 15) is 43.5 Å². The van der Waals surface area contributed by atoms with Crippen molar-refractivity contribution in [1.29, 1.82) is 0 Å². The minimum Gasteiger partial charge on any atom is -0.463 e. The first-order valence-electron chi connectivity index (χ1n) is 44.8. The molecule has 0 aromatic rings. The Hall–Kier alpha value is -4.05. The van der Waals surface area contributed by atoms with Crippen LogP contribution in [0.5, 0.6) is 0 Å². The van der Waals surface area contributed by atoms with Crippen LogP contribution in [-0.4, -0.2) is 95.9 Å². The van der Waals surface area contributed by atoms with Gasteiger partial charge in [0.25, 0.3) is 0 Å². The third-order valence-electron chi connectivity index (χ3n) is 19.2. The van der Waals surface area contributed by atoms with Crippen molar-refractivity contribution in [2.75, 3.05) is 39.6 Å². The molecule has 0 radical (unpaired) electrons. The van der Waals surface area contributed by atoms with Gasteiger partial charge in [-0.05, 0) is 116 Å². The van der Waals surface area contributed by atoms with Gasteiger partial charge in [-0.25, -0.2) is 9.13 Å². The lowest BCUT2D eigenvalue weighted by Crippen LogP contribution is -2.30. The molecule has 0 aliphatic heterocycles. The van der Waals surface area contributed by atoms with Crippen molar-refractivity contribution in [1.82, 2.24) is 0 Å². The Morgan fingerprint density at radius 1 is 0.261 bits per heavy atom. The van der Waals surface area contributed by atoms with Crippen LogP contribution >= 0.6 is 15.6 Å². The Kier molecular flexibility index (Phi) is 82.2. The molecule has 0 fully saturated rings. The number of aliphatic hydroxyl groups is 2. The fraction of sp³-hybridized carbons (Fsp3) is 0.753. The van der Waals surface area contributed by atoms with Gasteiger partial charge >= 0.3 is 33.6 Å². The Balaban J connectivity index is 4.43. The summed E-state index contributed by atoms with van der Waals surface area (Å²) in [7, 11) is -9.80. The predicted molar refractivity (Wildman–Crippen MR) is 463 cm³/mol. The van der Waals surface area contributed by atoms with Gasteiger partial charge in [0.2, 0.25) is 0 Å². The highest BCUT2D eigenvalue weighted by molar-refractivity contribution is 7.47. The number of carbonyl (C=O) groups excluding carboxylic acids is 3. The molecule has 111 heavy (non-hydrogen) atoms. The molecule has 0 bridgehead atoms. The molecule has 0 saturated heterocycles. The molecule has 642 valence electrons. The van der Waals surface area contributed by atoms with Crippen LogP contribution in [-0.2, 0) is 55.8 Å². The normalized spacial score (nSPS) is 14.4. The highest BCUT2D eigenvalue weighted by Crippen LogP contribution is 2.45. The molecule has 0 heterocycles. The Labute approximate surface area is 678 Å². The number of phosphoric ester groups is 2. The number of ether oxygens (including phenoxy) is 3. The van der Waals surface area contributed by atoms with E-state index in [1.165, 1.54) is 193 Å². The van der Waals surface area contributed by atoms with E-state index in [2.05, 4.69) is 142 Å². The van der Waals surface area contributed by atoms with Gasteiger partial charge in [0.05, 0.1) is 26.4 Å². The van der Waals surface area contributed by atoms with Gasteiger partial charge in [-0.3, -0.25) is 32.5 Å². The van der Waals surface area contributed by atoms with Gasteiger partial charge in [0.15, 0.2) is 6.10 Å². The molecule has 0 spiro atoms. The average Bonchev–Trinajstić information content (AvgIpc) is 0.904. The van der Waals surface area contributed by atoms with Crippen LogP contribution in [0, 0.1) is 0 Å². The molecule has 0 aromatic heterocycles. The van der Waals surface area contributed by atoms with E-state index in [1.54, 1.807) is 0 Å².